The van der Waals surface area contributed by atoms with Gasteiger partial charge in [0.15, 0.2) is 0 Å². The predicted molar refractivity (Wildman–Crippen MR) is 79.6 cm³/mol. The fraction of sp³-hybridized carbons (Fsp3) is 0.647. The molecule has 2 aliphatic carbocycles. The zero-order chi connectivity index (χ0) is 12.9. The Labute approximate surface area is 120 Å². The van der Waals surface area contributed by atoms with Gasteiger partial charge in [0, 0.05) is 17.5 Å². The Morgan fingerprint density at radius 2 is 2.11 bits per heavy atom. The number of piperidine rings is 1. The quantitative estimate of drug-likeness (QED) is 0.809. The summed E-state index contributed by atoms with van der Waals surface area (Å²) in [5, 5.41) is 4.58. The average molecular weight is 276 g/mol. The Bertz CT molecular complexity index is 486. The molecule has 0 amide bonds. The summed E-state index contributed by atoms with van der Waals surface area (Å²) in [5.74, 6) is 2.60. The highest BCUT2D eigenvalue weighted by molar-refractivity contribution is 6.31. The topological polar surface area (TPSA) is 12.0 Å². The second kappa shape index (κ2) is 4.49. The average Bonchev–Trinajstić information content (AvgIpc) is 3.01. The Hall–Kier alpha value is -0.530. The van der Waals surface area contributed by atoms with Gasteiger partial charge in [-0.25, -0.2) is 0 Å². The number of nitrogens with one attached hydrogen (secondary N) is 1. The lowest BCUT2D eigenvalue weighted by Gasteiger charge is -2.48. The van der Waals surface area contributed by atoms with Crippen LogP contribution < -0.4 is 5.32 Å². The van der Waals surface area contributed by atoms with E-state index in [0.29, 0.717) is 11.3 Å². The summed E-state index contributed by atoms with van der Waals surface area (Å²) in [7, 11) is 0. The van der Waals surface area contributed by atoms with Crippen LogP contribution in [0.3, 0.4) is 0 Å². The van der Waals surface area contributed by atoms with Gasteiger partial charge in [0.1, 0.15) is 0 Å². The van der Waals surface area contributed by atoms with E-state index in [1.54, 1.807) is 0 Å². The third-order valence-corrected chi connectivity index (χ3v) is 6.46. The monoisotopic (exact) mass is 275 g/mol. The summed E-state index contributed by atoms with van der Waals surface area (Å²) >= 11 is 6.49. The van der Waals surface area contributed by atoms with E-state index >= 15 is 0 Å². The van der Waals surface area contributed by atoms with Crippen molar-refractivity contribution in [3.8, 4) is 0 Å². The van der Waals surface area contributed by atoms with Gasteiger partial charge >= 0.3 is 0 Å². The molecule has 1 nitrogen and oxygen atoms in total. The van der Waals surface area contributed by atoms with Gasteiger partial charge in [0.25, 0.3) is 0 Å². The summed E-state index contributed by atoms with van der Waals surface area (Å²) < 4.78 is 0. The minimum atomic E-state index is 0.555. The van der Waals surface area contributed by atoms with Crippen molar-refractivity contribution < 1.29 is 0 Å². The van der Waals surface area contributed by atoms with Gasteiger partial charge in [0.2, 0.25) is 0 Å². The van der Waals surface area contributed by atoms with Gasteiger partial charge in [-0.15, -0.1) is 0 Å². The van der Waals surface area contributed by atoms with Gasteiger partial charge in [-0.2, -0.15) is 0 Å². The maximum atomic E-state index is 6.49. The number of hydrogen-bond acceptors (Lipinski definition) is 1. The van der Waals surface area contributed by atoms with E-state index in [1.165, 1.54) is 44.2 Å². The summed E-state index contributed by atoms with van der Waals surface area (Å²) in [5.41, 5.74) is 1.95. The fourth-order valence-corrected chi connectivity index (χ4v) is 5.61. The Morgan fingerprint density at radius 1 is 1.21 bits per heavy atom. The van der Waals surface area contributed by atoms with E-state index in [0.717, 1.165) is 23.4 Å². The zero-order valence-corrected chi connectivity index (χ0v) is 12.1. The van der Waals surface area contributed by atoms with Gasteiger partial charge in [-0.05, 0) is 61.1 Å². The van der Waals surface area contributed by atoms with Gasteiger partial charge in [-0.3, -0.25) is 0 Å². The van der Waals surface area contributed by atoms with Gasteiger partial charge < -0.3 is 5.32 Å². The molecule has 2 heteroatoms. The normalized spacial score (nSPS) is 41.0. The first kappa shape index (κ1) is 12.2. The molecule has 0 aromatic heterocycles. The fourth-order valence-electron chi connectivity index (χ4n) is 5.34. The first-order valence-electron chi connectivity index (χ1n) is 7.75. The lowest BCUT2D eigenvalue weighted by atomic mass is 9.60. The van der Waals surface area contributed by atoms with Crippen LogP contribution >= 0.6 is 11.6 Å². The zero-order valence-electron chi connectivity index (χ0n) is 11.4. The van der Waals surface area contributed by atoms with Crippen LogP contribution in [0.4, 0.5) is 0 Å². The highest BCUT2D eigenvalue weighted by Crippen LogP contribution is 2.64. The van der Waals surface area contributed by atoms with Crippen molar-refractivity contribution in [1.82, 2.24) is 5.32 Å². The minimum Gasteiger partial charge on any atom is -0.316 e. The van der Waals surface area contributed by atoms with Crippen molar-refractivity contribution in [2.75, 3.05) is 13.1 Å². The first-order valence-corrected chi connectivity index (χ1v) is 8.12. The van der Waals surface area contributed by atoms with E-state index in [4.69, 9.17) is 11.6 Å². The maximum absolute atomic E-state index is 6.49. The van der Waals surface area contributed by atoms with E-state index < -0.39 is 0 Å². The Kier molecular flexibility index (Phi) is 2.89. The third-order valence-electron chi connectivity index (χ3n) is 6.11. The molecule has 0 radical (unpaired) electrons. The molecule has 3 aliphatic rings. The van der Waals surface area contributed by atoms with Crippen LogP contribution in [0.1, 0.15) is 43.6 Å². The molecular weight excluding hydrogens is 254 g/mol. The summed E-state index contributed by atoms with van der Waals surface area (Å²) in [6, 6.07) is 8.52. The molecule has 4 rings (SSSR count). The molecule has 4 unspecified atom stereocenters. The standard InChI is InChI=1S/C17H22ClN/c18-16-4-2-1-3-14(16)15-11-19-8-7-17(15)10-12-5-6-13(17)9-12/h1-4,12-13,15,19H,5-11H2. The van der Waals surface area contributed by atoms with E-state index in [1.807, 2.05) is 0 Å². The lowest BCUT2D eigenvalue weighted by Crippen LogP contribution is -2.46. The van der Waals surface area contributed by atoms with Crippen LogP contribution in [0.2, 0.25) is 5.02 Å². The number of benzene rings is 1. The summed E-state index contributed by atoms with van der Waals surface area (Å²) in [6.07, 6.45) is 7.24. The molecular formula is C17H22ClN. The maximum Gasteiger partial charge on any atom is 0.0441 e. The third kappa shape index (κ3) is 1.78. The van der Waals surface area contributed by atoms with Crippen molar-refractivity contribution in [1.29, 1.82) is 0 Å². The van der Waals surface area contributed by atoms with Crippen LogP contribution in [-0.4, -0.2) is 13.1 Å². The predicted octanol–water partition coefficient (Wildman–Crippen LogP) is 4.22. The van der Waals surface area contributed by atoms with Gasteiger partial charge in [0.05, 0.1) is 0 Å². The Morgan fingerprint density at radius 3 is 2.84 bits per heavy atom. The Balaban J connectivity index is 1.75. The second-order valence-corrected chi connectivity index (χ2v) is 7.25. The van der Waals surface area contributed by atoms with Crippen molar-refractivity contribution in [3.63, 3.8) is 0 Å². The largest absolute Gasteiger partial charge is 0.316 e. The molecule has 19 heavy (non-hydrogen) atoms. The molecule has 4 atom stereocenters. The highest BCUT2D eigenvalue weighted by Gasteiger charge is 2.55. The molecule has 1 saturated heterocycles. The molecule has 3 fully saturated rings. The second-order valence-electron chi connectivity index (χ2n) is 6.84. The van der Waals surface area contributed by atoms with Crippen LogP contribution in [0.15, 0.2) is 24.3 Å². The summed E-state index contributed by atoms with van der Waals surface area (Å²) in [4.78, 5) is 0. The van der Waals surface area contributed by atoms with Crippen molar-refractivity contribution in [2.24, 2.45) is 17.3 Å². The number of fused-ring (bicyclic) bond motifs is 3. The van der Waals surface area contributed by atoms with Crippen molar-refractivity contribution in [2.45, 2.75) is 38.0 Å². The molecule has 2 saturated carbocycles. The molecule has 1 spiro atoms. The highest BCUT2D eigenvalue weighted by atomic mass is 35.5. The van der Waals surface area contributed by atoms with E-state index in [9.17, 15) is 0 Å². The van der Waals surface area contributed by atoms with E-state index in [2.05, 4.69) is 29.6 Å². The number of hydrogen-bond donors (Lipinski definition) is 1. The number of rotatable bonds is 1. The first-order chi connectivity index (χ1) is 9.29. The molecule has 2 bridgehead atoms. The lowest BCUT2D eigenvalue weighted by molar-refractivity contribution is 0.0820. The van der Waals surface area contributed by atoms with E-state index in [-0.39, 0.29) is 0 Å². The smallest absolute Gasteiger partial charge is 0.0441 e. The molecule has 1 aromatic carbocycles. The van der Waals surface area contributed by atoms with Crippen LogP contribution in [-0.2, 0) is 0 Å². The van der Waals surface area contributed by atoms with Gasteiger partial charge in [-0.1, -0.05) is 36.2 Å². The molecule has 102 valence electrons. The molecule has 1 N–H and O–H groups in total. The molecule has 1 aromatic rings. The minimum absolute atomic E-state index is 0.555. The number of halogens is 1. The summed E-state index contributed by atoms with van der Waals surface area (Å²) in [6.45, 7) is 2.32. The van der Waals surface area contributed by atoms with Crippen molar-refractivity contribution in [3.05, 3.63) is 34.9 Å². The van der Waals surface area contributed by atoms with Crippen LogP contribution in [0.25, 0.3) is 0 Å². The van der Waals surface area contributed by atoms with Crippen LogP contribution in [0.5, 0.6) is 0 Å². The molecule has 1 aliphatic heterocycles. The molecule has 1 heterocycles. The SMILES string of the molecule is Clc1ccccc1C1CNCCC12CC1CCC2C1. The van der Waals surface area contributed by atoms with Crippen molar-refractivity contribution >= 4 is 11.6 Å². The van der Waals surface area contributed by atoms with Crippen LogP contribution in [0, 0.1) is 17.3 Å².